The van der Waals surface area contributed by atoms with E-state index in [1.54, 1.807) is 12.2 Å². The number of alkyl halides is 3. The van der Waals surface area contributed by atoms with E-state index in [0.717, 1.165) is 6.42 Å². The summed E-state index contributed by atoms with van der Waals surface area (Å²) in [5.74, 6) is -0.857. The molecule has 2 aliphatic carbocycles. The van der Waals surface area contributed by atoms with Gasteiger partial charge >= 0.3 is 6.18 Å². The highest BCUT2D eigenvalue weighted by Crippen LogP contribution is 2.47. The lowest BCUT2D eigenvalue weighted by Crippen LogP contribution is -2.52. The molecule has 18 heavy (non-hydrogen) atoms. The smallest absolute Gasteiger partial charge is 0.376 e. The molecule has 0 fully saturated rings. The Kier molecular flexibility index (Phi) is 3.66. The molecule has 0 saturated carbocycles. The van der Waals surface area contributed by atoms with Gasteiger partial charge in [-0.3, -0.25) is 0 Å². The van der Waals surface area contributed by atoms with Crippen molar-refractivity contribution in [3.63, 3.8) is 0 Å². The van der Waals surface area contributed by atoms with Crippen molar-refractivity contribution in [2.45, 2.75) is 43.9 Å². The summed E-state index contributed by atoms with van der Waals surface area (Å²) < 4.78 is 40.0. The van der Waals surface area contributed by atoms with Crippen LogP contribution >= 0.6 is 0 Å². The molecule has 100 valence electrons. The Balaban J connectivity index is 2.39. The van der Waals surface area contributed by atoms with E-state index in [1.807, 2.05) is 6.08 Å². The molecule has 2 atom stereocenters. The lowest BCUT2D eigenvalue weighted by Gasteiger charge is -2.40. The Morgan fingerprint density at radius 1 is 1.17 bits per heavy atom. The first-order valence-electron chi connectivity index (χ1n) is 6.28. The predicted molar refractivity (Wildman–Crippen MR) is 63.9 cm³/mol. The van der Waals surface area contributed by atoms with E-state index in [1.165, 1.54) is 12.2 Å². The number of hydrogen-bond donors (Lipinski definition) is 1. The SMILES string of the molecule is OC(C1=CC=CCC1)(C1C=CCCC1)C(F)(F)F. The first kappa shape index (κ1) is 13.4. The van der Waals surface area contributed by atoms with E-state index in [9.17, 15) is 18.3 Å². The van der Waals surface area contributed by atoms with Gasteiger partial charge in [-0.15, -0.1) is 0 Å². The normalized spacial score (nSPS) is 27.8. The second-order valence-corrected chi connectivity index (χ2v) is 4.89. The van der Waals surface area contributed by atoms with Gasteiger partial charge in [-0.05, 0) is 37.7 Å². The van der Waals surface area contributed by atoms with Crippen molar-refractivity contribution >= 4 is 0 Å². The number of halogens is 3. The number of aliphatic hydroxyl groups is 1. The van der Waals surface area contributed by atoms with Gasteiger partial charge in [0, 0.05) is 5.92 Å². The molecule has 0 radical (unpaired) electrons. The minimum absolute atomic E-state index is 0.0917. The second kappa shape index (κ2) is 4.92. The molecule has 0 aromatic carbocycles. The van der Waals surface area contributed by atoms with E-state index in [2.05, 4.69) is 0 Å². The van der Waals surface area contributed by atoms with E-state index >= 15 is 0 Å². The van der Waals surface area contributed by atoms with Crippen LogP contribution in [0.3, 0.4) is 0 Å². The largest absolute Gasteiger partial charge is 0.421 e. The summed E-state index contributed by atoms with van der Waals surface area (Å²) in [4.78, 5) is 0. The highest BCUT2D eigenvalue weighted by molar-refractivity contribution is 5.31. The second-order valence-electron chi connectivity index (χ2n) is 4.89. The van der Waals surface area contributed by atoms with Gasteiger partial charge < -0.3 is 5.11 Å². The minimum atomic E-state index is -4.63. The van der Waals surface area contributed by atoms with Gasteiger partial charge in [-0.2, -0.15) is 13.2 Å². The fraction of sp³-hybridized carbons (Fsp3) is 0.571. The van der Waals surface area contributed by atoms with Gasteiger partial charge in [0.15, 0.2) is 5.60 Å². The lowest BCUT2D eigenvalue weighted by atomic mass is 9.73. The Bertz CT molecular complexity index is 392. The molecule has 2 unspecified atom stereocenters. The van der Waals surface area contributed by atoms with Crippen LogP contribution in [-0.2, 0) is 0 Å². The summed E-state index contributed by atoms with van der Waals surface area (Å²) in [5, 5.41) is 10.3. The van der Waals surface area contributed by atoms with Crippen molar-refractivity contribution in [2.75, 3.05) is 0 Å². The van der Waals surface area contributed by atoms with Crippen LogP contribution in [0, 0.1) is 5.92 Å². The summed E-state index contributed by atoms with van der Waals surface area (Å²) >= 11 is 0. The molecule has 0 aliphatic heterocycles. The molecule has 0 bridgehead atoms. The Hall–Kier alpha value is -1.03. The zero-order valence-corrected chi connectivity index (χ0v) is 10.1. The van der Waals surface area contributed by atoms with Crippen LogP contribution < -0.4 is 0 Å². The van der Waals surface area contributed by atoms with Crippen LogP contribution in [0.5, 0.6) is 0 Å². The summed E-state index contributed by atoms with van der Waals surface area (Å²) in [6.07, 6.45) is 6.17. The Labute approximate surface area is 105 Å². The van der Waals surface area contributed by atoms with Gasteiger partial charge in [0.25, 0.3) is 0 Å². The molecule has 2 rings (SSSR count). The quantitative estimate of drug-likeness (QED) is 0.744. The maximum absolute atomic E-state index is 13.3. The van der Waals surface area contributed by atoms with Crippen molar-refractivity contribution in [2.24, 2.45) is 5.92 Å². The van der Waals surface area contributed by atoms with E-state index in [4.69, 9.17) is 0 Å². The highest BCUT2D eigenvalue weighted by atomic mass is 19.4. The van der Waals surface area contributed by atoms with Crippen molar-refractivity contribution in [1.82, 2.24) is 0 Å². The maximum Gasteiger partial charge on any atom is 0.421 e. The molecule has 2 aliphatic rings. The molecule has 0 aromatic heterocycles. The van der Waals surface area contributed by atoms with Crippen LogP contribution in [0.1, 0.15) is 32.1 Å². The van der Waals surface area contributed by atoms with Crippen molar-refractivity contribution in [1.29, 1.82) is 0 Å². The third-order valence-electron chi connectivity index (χ3n) is 3.73. The molecule has 4 heteroatoms. The van der Waals surface area contributed by atoms with Crippen LogP contribution in [0.4, 0.5) is 13.2 Å². The molecule has 0 aromatic rings. The van der Waals surface area contributed by atoms with Gasteiger partial charge in [-0.1, -0.05) is 30.4 Å². The molecule has 0 amide bonds. The number of allylic oxidation sites excluding steroid dienone is 4. The summed E-state index contributed by atoms with van der Waals surface area (Å²) in [6, 6.07) is 0. The monoisotopic (exact) mass is 258 g/mol. The third kappa shape index (κ3) is 2.26. The average molecular weight is 258 g/mol. The number of rotatable bonds is 2. The third-order valence-corrected chi connectivity index (χ3v) is 3.73. The Morgan fingerprint density at radius 3 is 2.44 bits per heavy atom. The van der Waals surface area contributed by atoms with Crippen LogP contribution in [0.2, 0.25) is 0 Å². The van der Waals surface area contributed by atoms with Gasteiger partial charge in [0.1, 0.15) is 0 Å². The lowest BCUT2D eigenvalue weighted by molar-refractivity contribution is -0.259. The van der Waals surface area contributed by atoms with E-state index in [0.29, 0.717) is 19.3 Å². The Morgan fingerprint density at radius 2 is 1.94 bits per heavy atom. The predicted octanol–water partition coefficient (Wildman–Crippen LogP) is 3.91. The zero-order chi connectivity index (χ0) is 13.2. The molecular weight excluding hydrogens is 241 g/mol. The number of hydrogen-bond acceptors (Lipinski definition) is 1. The van der Waals surface area contributed by atoms with Crippen molar-refractivity contribution in [3.05, 3.63) is 36.0 Å². The molecule has 0 heterocycles. The summed E-state index contributed by atoms with van der Waals surface area (Å²) in [7, 11) is 0. The first-order valence-corrected chi connectivity index (χ1v) is 6.28. The molecule has 1 nitrogen and oxygen atoms in total. The highest BCUT2D eigenvalue weighted by Gasteiger charge is 2.59. The van der Waals surface area contributed by atoms with Crippen LogP contribution in [-0.4, -0.2) is 16.9 Å². The minimum Gasteiger partial charge on any atom is -0.376 e. The van der Waals surface area contributed by atoms with Gasteiger partial charge in [-0.25, -0.2) is 0 Å². The van der Waals surface area contributed by atoms with Crippen LogP contribution in [0.25, 0.3) is 0 Å². The van der Waals surface area contributed by atoms with Gasteiger partial charge in [0.2, 0.25) is 0 Å². The summed E-state index contributed by atoms with van der Waals surface area (Å²) in [5.41, 5.74) is -2.61. The molecule has 0 saturated heterocycles. The fourth-order valence-electron chi connectivity index (χ4n) is 2.71. The van der Waals surface area contributed by atoms with E-state index < -0.39 is 17.7 Å². The van der Waals surface area contributed by atoms with Crippen LogP contribution in [0.15, 0.2) is 36.0 Å². The van der Waals surface area contributed by atoms with Crippen molar-refractivity contribution in [3.8, 4) is 0 Å². The standard InChI is InChI=1S/C14H17F3O/c15-14(16,17)13(18,11-7-3-1-4-8-11)12-9-5-2-6-10-12/h1,3,5,7,9,12,18H,2,4,6,8,10H2. The molecular formula is C14H17F3O. The maximum atomic E-state index is 13.3. The molecule has 1 N–H and O–H groups in total. The average Bonchev–Trinajstić information content (AvgIpc) is 2.38. The van der Waals surface area contributed by atoms with E-state index in [-0.39, 0.29) is 12.0 Å². The molecule has 0 spiro atoms. The zero-order valence-electron chi connectivity index (χ0n) is 10.1. The first-order chi connectivity index (χ1) is 8.46. The van der Waals surface area contributed by atoms with Gasteiger partial charge in [0.05, 0.1) is 0 Å². The summed E-state index contributed by atoms with van der Waals surface area (Å²) in [6.45, 7) is 0. The fourth-order valence-corrected chi connectivity index (χ4v) is 2.71. The van der Waals surface area contributed by atoms with Crippen molar-refractivity contribution < 1.29 is 18.3 Å². The topological polar surface area (TPSA) is 20.2 Å².